The molecule has 0 aromatic heterocycles. The second-order valence-corrected chi connectivity index (χ2v) is 7.14. The molecule has 0 radical (unpaired) electrons. The van der Waals surface area contributed by atoms with E-state index in [2.05, 4.69) is 4.74 Å². The largest absolute Gasteiger partial charge is 0.612 e. The van der Waals surface area contributed by atoms with Crippen LogP contribution in [-0.2, 0) is 25.7 Å². The Labute approximate surface area is 157 Å². The molecule has 0 aliphatic rings. The Balaban J connectivity index is 3.25. The van der Waals surface area contributed by atoms with Gasteiger partial charge in [-0.25, -0.2) is 4.79 Å². The maximum atomic E-state index is 12.6. The van der Waals surface area contributed by atoms with Crippen molar-refractivity contribution < 1.29 is 39.3 Å². The number of ketones is 2. The van der Waals surface area contributed by atoms with Crippen molar-refractivity contribution in [1.29, 1.82) is 0 Å². The van der Waals surface area contributed by atoms with Crippen LogP contribution in [0.5, 0.6) is 0 Å². The third-order valence-corrected chi connectivity index (χ3v) is 4.96. The van der Waals surface area contributed by atoms with Crippen LogP contribution in [0.1, 0.15) is 19.4 Å². The van der Waals surface area contributed by atoms with Crippen molar-refractivity contribution in [3.05, 3.63) is 35.9 Å². The van der Waals surface area contributed by atoms with E-state index in [0.29, 0.717) is 5.56 Å². The quantitative estimate of drug-likeness (QED) is 0.265. The molecule has 4 atom stereocenters. The van der Waals surface area contributed by atoms with Crippen LogP contribution in [0, 0.1) is 0 Å². The van der Waals surface area contributed by atoms with Gasteiger partial charge in [-0.2, -0.15) is 0 Å². The predicted octanol–water partition coefficient (Wildman–Crippen LogP) is -0.698. The van der Waals surface area contributed by atoms with Crippen molar-refractivity contribution in [1.82, 2.24) is 0 Å². The summed E-state index contributed by atoms with van der Waals surface area (Å²) >= 11 is 0. The van der Waals surface area contributed by atoms with E-state index in [0.717, 1.165) is 13.8 Å². The van der Waals surface area contributed by atoms with Gasteiger partial charge in [-0.15, -0.1) is 0 Å². The summed E-state index contributed by atoms with van der Waals surface area (Å²) in [5.41, 5.74) is -2.14. The molecule has 3 unspecified atom stereocenters. The SMILES string of the molecule is CC(=O)C(O)[C@@](N=[P+]([O-])CC(O)CO)(C(C)=O)C(=O)OCc1ccccc1. The lowest BCUT2D eigenvalue weighted by Gasteiger charge is -2.26. The maximum absolute atomic E-state index is 12.6. The number of carbonyl (C=O) groups excluding carboxylic acids is 3. The van der Waals surface area contributed by atoms with Gasteiger partial charge >= 0.3 is 5.97 Å². The summed E-state index contributed by atoms with van der Waals surface area (Å²) in [4.78, 5) is 48.7. The lowest BCUT2D eigenvalue weighted by molar-refractivity contribution is -0.167. The topological polar surface area (TPSA) is 157 Å². The zero-order valence-corrected chi connectivity index (χ0v) is 15.8. The summed E-state index contributed by atoms with van der Waals surface area (Å²) in [7, 11) is -2.77. The molecule has 1 rings (SSSR count). The number of esters is 1. The average Bonchev–Trinajstić information content (AvgIpc) is 2.63. The molecule has 27 heavy (non-hydrogen) atoms. The molecule has 0 saturated heterocycles. The minimum Gasteiger partial charge on any atom is -0.612 e. The monoisotopic (exact) mass is 399 g/mol. The Bertz CT molecular complexity index is 708. The summed E-state index contributed by atoms with van der Waals surface area (Å²) in [5, 5.41) is 28.4. The van der Waals surface area contributed by atoms with E-state index < -0.39 is 56.0 Å². The molecule has 0 amide bonds. The van der Waals surface area contributed by atoms with Crippen molar-refractivity contribution in [2.45, 2.75) is 38.2 Å². The number of hydrogen-bond donors (Lipinski definition) is 3. The first-order valence-corrected chi connectivity index (χ1v) is 9.42. The fourth-order valence-corrected chi connectivity index (χ4v) is 3.44. The van der Waals surface area contributed by atoms with Gasteiger partial charge < -0.3 is 24.9 Å². The fourth-order valence-electron chi connectivity index (χ4n) is 2.20. The molecule has 1 aromatic rings. The molecule has 3 N–H and O–H groups in total. The second kappa shape index (κ2) is 10.3. The number of aliphatic hydroxyl groups is 3. The van der Waals surface area contributed by atoms with Gasteiger partial charge in [-0.05, 0) is 19.4 Å². The summed E-state index contributed by atoms with van der Waals surface area (Å²) in [6.07, 6.45) is -4.17. The zero-order chi connectivity index (χ0) is 20.6. The van der Waals surface area contributed by atoms with Crippen LogP contribution in [0.3, 0.4) is 0 Å². The number of carbonyl (C=O) groups is 3. The number of hydrogen-bond acceptors (Lipinski definition) is 9. The Morgan fingerprint density at radius 2 is 1.81 bits per heavy atom. The van der Waals surface area contributed by atoms with Gasteiger partial charge in [-0.3, -0.25) is 9.59 Å². The number of rotatable bonds is 10. The fraction of sp³-hybridized carbons (Fsp3) is 0.471. The van der Waals surface area contributed by atoms with Gasteiger partial charge in [0.1, 0.15) is 12.7 Å². The van der Waals surface area contributed by atoms with Crippen molar-refractivity contribution in [3.8, 4) is 0 Å². The molecule has 0 aliphatic heterocycles. The van der Waals surface area contributed by atoms with Crippen LogP contribution >= 0.6 is 7.94 Å². The molecule has 0 saturated carbocycles. The highest BCUT2D eigenvalue weighted by atomic mass is 31.1. The Morgan fingerprint density at radius 1 is 1.22 bits per heavy atom. The normalized spacial score (nSPS) is 16.1. The van der Waals surface area contributed by atoms with Crippen molar-refractivity contribution in [2.75, 3.05) is 12.8 Å². The van der Waals surface area contributed by atoms with E-state index in [9.17, 15) is 29.5 Å². The Morgan fingerprint density at radius 3 is 2.30 bits per heavy atom. The molecular formula is C17H22NO8P. The highest BCUT2D eigenvalue weighted by Crippen LogP contribution is 2.30. The standard InChI is InChI=1S/C17H22NO8P/c1-11(20)15(23)17(12(2)21,18-27(25)10-14(22)8-19)16(24)26-9-13-6-4-3-5-7-13/h3-7,14-15,19,22-23H,8-10H2,1-2H3/t14?,15?,17-/m0/s1. The average molecular weight is 399 g/mol. The van der Waals surface area contributed by atoms with Gasteiger partial charge in [0.05, 0.1) is 6.61 Å². The maximum Gasteiger partial charge on any atom is 0.349 e. The van der Waals surface area contributed by atoms with Crippen LogP contribution in [-0.4, -0.2) is 63.4 Å². The molecule has 0 spiro atoms. The van der Waals surface area contributed by atoms with Crippen LogP contribution < -0.4 is 4.89 Å². The van der Waals surface area contributed by atoms with E-state index in [4.69, 9.17) is 9.84 Å². The number of Topliss-reactive ketones (excluding diaryl/α,β-unsaturated/α-hetero) is 2. The van der Waals surface area contributed by atoms with E-state index in [1.165, 1.54) is 0 Å². The molecule has 1 aromatic carbocycles. The van der Waals surface area contributed by atoms with Crippen LogP contribution in [0.25, 0.3) is 0 Å². The van der Waals surface area contributed by atoms with E-state index in [1.807, 2.05) is 0 Å². The van der Waals surface area contributed by atoms with E-state index in [1.54, 1.807) is 30.3 Å². The van der Waals surface area contributed by atoms with Crippen molar-refractivity contribution in [2.24, 2.45) is 4.74 Å². The number of benzene rings is 1. The Hall–Kier alpha value is -2.03. The van der Waals surface area contributed by atoms with Gasteiger partial charge in [0.2, 0.25) is 0 Å². The summed E-state index contributed by atoms with van der Waals surface area (Å²) in [6, 6.07) is 8.45. The lowest BCUT2D eigenvalue weighted by atomic mass is 9.87. The molecule has 9 nitrogen and oxygen atoms in total. The van der Waals surface area contributed by atoms with Crippen LogP contribution in [0.2, 0.25) is 0 Å². The van der Waals surface area contributed by atoms with E-state index >= 15 is 0 Å². The third kappa shape index (κ3) is 5.98. The molecule has 0 aliphatic carbocycles. The minimum atomic E-state index is -2.77. The Kier molecular flexibility index (Phi) is 8.81. The van der Waals surface area contributed by atoms with Gasteiger partial charge in [0, 0.05) is 0 Å². The minimum absolute atomic E-state index is 0.259. The van der Waals surface area contributed by atoms with Gasteiger partial charge in [0.25, 0.3) is 5.54 Å². The number of nitrogens with zero attached hydrogens (tertiary/aromatic N) is 1. The first kappa shape index (κ1) is 23.0. The van der Waals surface area contributed by atoms with Crippen LogP contribution in [0.4, 0.5) is 0 Å². The van der Waals surface area contributed by atoms with E-state index in [-0.39, 0.29) is 6.61 Å². The second-order valence-electron chi connectivity index (χ2n) is 5.87. The lowest BCUT2D eigenvalue weighted by Crippen LogP contribution is -2.56. The van der Waals surface area contributed by atoms with Gasteiger partial charge in [-0.1, -0.05) is 35.1 Å². The van der Waals surface area contributed by atoms with Gasteiger partial charge in [0.15, 0.2) is 31.8 Å². The molecule has 0 fully saturated rings. The highest BCUT2D eigenvalue weighted by Gasteiger charge is 2.56. The summed E-state index contributed by atoms with van der Waals surface area (Å²) in [6.45, 7) is 0.880. The zero-order valence-electron chi connectivity index (χ0n) is 14.9. The smallest absolute Gasteiger partial charge is 0.349 e. The first-order valence-electron chi connectivity index (χ1n) is 8.02. The van der Waals surface area contributed by atoms with Crippen molar-refractivity contribution in [3.63, 3.8) is 0 Å². The predicted molar refractivity (Wildman–Crippen MR) is 93.6 cm³/mol. The number of ether oxygens (including phenoxy) is 1. The molecular weight excluding hydrogens is 377 g/mol. The molecule has 0 bridgehead atoms. The molecule has 0 heterocycles. The van der Waals surface area contributed by atoms with Crippen molar-refractivity contribution >= 4 is 25.5 Å². The summed E-state index contributed by atoms with van der Waals surface area (Å²) in [5.74, 6) is -3.31. The molecule has 10 heteroatoms. The third-order valence-electron chi connectivity index (χ3n) is 3.69. The molecule has 148 valence electrons. The summed E-state index contributed by atoms with van der Waals surface area (Å²) < 4.78 is 8.62. The number of aliphatic hydroxyl groups excluding tert-OH is 3. The first-order chi connectivity index (χ1) is 12.6. The highest BCUT2D eigenvalue weighted by molar-refractivity contribution is 7.39. The van der Waals surface area contributed by atoms with Crippen LogP contribution in [0.15, 0.2) is 35.1 Å².